The molecule has 1 heterocycles. The highest BCUT2D eigenvalue weighted by Gasteiger charge is 2.24. The Bertz CT molecular complexity index is 860. The standard InChI is InChI=1S/C23H27NO5/c1-15(25)17-9-11-18(12-10-17)20-13-14-21(29-20)23(27)28-16(2)22(26)24-19-7-5-3-4-6-8-19/h9-14,16,19H,3-8H2,1-2H3,(H,24,26). The maximum absolute atomic E-state index is 12.4. The molecule has 2 aromatic rings. The van der Waals surface area contributed by atoms with Crippen LogP contribution in [0.25, 0.3) is 11.3 Å². The highest BCUT2D eigenvalue weighted by molar-refractivity contribution is 5.94. The molecule has 154 valence electrons. The number of amides is 1. The Morgan fingerprint density at radius 3 is 2.28 bits per heavy atom. The number of Topliss-reactive ketones (excluding diaryl/α,β-unsaturated/α-hetero) is 1. The van der Waals surface area contributed by atoms with Crippen LogP contribution in [-0.4, -0.2) is 29.8 Å². The highest BCUT2D eigenvalue weighted by Crippen LogP contribution is 2.23. The fraction of sp³-hybridized carbons (Fsp3) is 0.435. The van der Waals surface area contributed by atoms with Crippen molar-refractivity contribution < 1.29 is 23.5 Å². The van der Waals surface area contributed by atoms with Gasteiger partial charge in [0.05, 0.1) is 0 Å². The number of carbonyl (C=O) groups excluding carboxylic acids is 3. The number of furan rings is 1. The average Bonchev–Trinajstić information content (AvgIpc) is 3.07. The van der Waals surface area contributed by atoms with Gasteiger partial charge in [-0.3, -0.25) is 9.59 Å². The van der Waals surface area contributed by atoms with Gasteiger partial charge in [0, 0.05) is 17.2 Å². The van der Waals surface area contributed by atoms with Crippen molar-refractivity contribution in [1.82, 2.24) is 5.32 Å². The summed E-state index contributed by atoms with van der Waals surface area (Å²) in [4.78, 5) is 36.1. The lowest BCUT2D eigenvalue weighted by atomic mass is 10.1. The predicted molar refractivity (Wildman–Crippen MR) is 109 cm³/mol. The molecule has 1 aromatic heterocycles. The monoisotopic (exact) mass is 397 g/mol. The number of hydrogen-bond acceptors (Lipinski definition) is 5. The zero-order chi connectivity index (χ0) is 20.8. The van der Waals surface area contributed by atoms with E-state index < -0.39 is 12.1 Å². The fourth-order valence-electron chi connectivity index (χ4n) is 3.49. The SMILES string of the molecule is CC(=O)c1ccc(-c2ccc(C(=O)OC(C)C(=O)NC3CCCCCC3)o2)cc1. The molecule has 1 aliphatic rings. The van der Waals surface area contributed by atoms with Gasteiger partial charge in [-0.1, -0.05) is 49.9 Å². The first-order valence-corrected chi connectivity index (χ1v) is 10.2. The summed E-state index contributed by atoms with van der Waals surface area (Å²) in [5, 5.41) is 2.99. The third kappa shape index (κ3) is 5.56. The lowest BCUT2D eigenvalue weighted by Gasteiger charge is -2.19. The Hall–Kier alpha value is -2.89. The average molecular weight is 397 g/mol. The van der Waals surface area contributed by atoms with Crippen molar-refractivity contribution in [3.8, 4) is 11.3 Å². The Morgan fingerprint density at radius 2 is 1.66 bits per heavy atom. The number of ketones is 1. The Kier molecular flexibility index (Phi) is 6.86. The van der Waals surface area contributed by atoms with E-state index >= 15 is 0 Å². The normalized spacial score (nSPS) is 15.9. The third-order valence-electron chi connectivity index (χ3n) is 5.24. The second-order valence-electron chi connectivity index (χ2n) is 7.54. The van der Waals surface area contributed by atoms with E-state index in [2.05, 4.69) is 5.32 Å². The summed E-state index contributed by atoms with van der Waals surface area (Å²) < 4.78 is 10.9. The summed E-state index contributed by atoms with van der Waals surface area (Å²) >= 11 is 0. The van der Waals surface area contributed by atoms with Crippen molar-refractivity contribution in [3.63, 3.8) is 0 Å². The van der Waals surface area contributed by atoms with E-state index in [0.717, 1.165) is 31.2 Å². The zero-order valence-corrected chi connectivity index (χ0v) is 16.9. The van der Waals surface area contributed by atoms with Crippen molar-refractivity contribution in [2.75, 3.05) is 0 Å². The van der Waals surface area contributed by atoms with Crippen LogP contribution in [0.3, 0.4) is 0 Å². The van der Waals surface area contributed by atoms with Crippen LogP contribution >= 0.6 is 0 Å². The Labute approximate surface area is 170 Å². The molecule has 3 rings (SSSR count). The molecule has 0 aliphatic heterocycles. The first kappa shape index (κ1) is 20.8. The van der Waals surface area contributed by atoms with Gasteiger partial charge < -0.3 is 14.5 Å². The molecule has 0 spiro atoms. The summed E-state index contributed by atoms with van der Waals surface area (Å²) in [5.74, 6) is -0.458. The van der Waals surface area contributed by atoms with E-state index in [1.807, 2.05) is 0 Å². The van der Waals surface area contributed by atoms with E-state index in [1.165, 1.54) is 25.8 Å². The van der Waals surface area contributed by atoms with Crippen molar-refractivity contribution in [3.05, 3.63) is 47.7 Å². The van der Waals surface area contributed by atoms with Gasteiger partial charge in [-0.25, -0.2) is 4.79 Å². The molecule has 1 aromatic carbocycles. The van der Waals surface area contributed by atoms with E-state index in [1.54, 1.807) is 37.3 Å². The van der Waals surface area contributed by atoms with Gasteiger partial charge in [-0.15, -0.1) is 0 Å². The second-order valence-corrected chi connectivity index (χ2v) is 7.54. The van der Waals surface area contributed by atoms with Crippen LogP contribution in [0.5, 0.6) is 0 Å². The first-order valence-electron chi connectivity index (χ1n) is 10.2. The van der Waals surface area contributed by atoms with Crippen LogP contribution in [0.2, 0.25) is 0 Å². The summed E-state index contributed by atoms with van der Waals surface area (Å²) in [6, 6.07) is 10.3. The smallest absolute Gasteiger partial charge is 0.375 e. The quantitative estimate of drug-likeness (QED) is 0.440. The second kappa shape index (κ2) is 9.54. The highest BCUT2D eigenvalue weighted by atomic mass is 16.6. The first-order chi connectivity index (χ1) is 13.9. The minimum absolute atomic E-state index is 0.0172. The number of carbonyl (C=O) groups is 3. The minimum atomic E-state index is -0.894. The number of benzene rings is 1. The molecule has 1 N–H and O–H groups in total. The van der Waals surface area contributed by atoms with Gasteiger partial charge in [-0.2, -0.15) is 0 Å². The molecule has 1 aliphatic carbocycles. The molecule has 1 atom stereocenters. The fourth-order valence-corrected chi connectivity index (χ4v) is 3.49. The lowest BCUT2D eigenvalue weighted by Crippen LogP contribution is -2.41. The largest absolute Gasteiger partial charge is 0.449 e. The number of hydrogen-bond donors (Lipinski definition) is 1. The Balaban J connectivity index is 1.57. The molecule has 0 radical (unpaired) electrons. The molecular weight excluding hydrogens is 370 g/mol. The van der Waals surface area contributed by atoms with Crippen LogP contribution in [0, 0.1) is 0 Å². The number of esters is 1. The lowest BCUT2D eigenvalue weighted by molar-refractivity contribution is -0.130. The summed E-state index contributed by atoms with van der Waals surface area (Å²) in [5.41, 5.74) is 1.35. The summed E-state index contributed by atoms with van der Waals surface area (Å²) in [6.45, 7) is 3.07. The molecule has 0 saturated heterocycles. The van der Waals surface area contributed by atoms with Crippen molar-refractivity contribution in [2.24, 2.45) is 0 Å². The van der Waals surface area contributed by atoms with Gasteiger partial charge in [0.2, 0.25) is 5.76 Å². The van der Waals surface area contributed by atoms with Crippen molar-refractivity contribution >= 4 is 17.7 Å². The maximum atomic E-state index is 12.4. The van der Waals surface area contributed by atoms with Gasteiger partial charge in [0.15, 0.2) is 11.9 Å². The number of rotatable bonds is 6. The van der Waals surface area contributed by atoms with Crippen LogP contribution in [0.4, 0.5) is 0 Å². The summed E-state index contributed by atoms with van der Waals surface area (Å²) in [6.07, 6.45) is 5.68. The molecule has 29 heavy (non-hydrogen) atoms. The van der Waals surface area contributed by atoms with Gasteiger partial charge in [0.1, 0.15) is 5.76 Å². The molecule has 1 unspecified atom stereocenters. The third-order valence-corrected chi connectivity index (χ3v) is 5.24. The van der Waals surface area contributed by atoms with Crippen LogP contribution < -0.4 is 5.32 Å². The van der Waals surface area contributed by atoms with Crippen molar-refractivity contribution in [2.45, 2.75) is 64.5 Å². The topological polar surface area (TPSA) is 85.6 Å². The van der Waals surface area contributed by atoms with Crippen molar-refractivity contribution in [1.29, 1.82) is 0 Å². The van der Waals surface area contributed by atoms with Crippen LogP contribution in [0.15, 0.2) is 40.8 Å². The molecule has 6 heteroatoms. The maximum Gasteiger partial charge on any atom is 0.375 e. The van der Waals surface area contributed by atoms with Gasteiger partial charge in [0.25, 0.3) is 5.91 Å². The van der Waals surface area contributed by atoms with E-state index in [-0.39, 0.29) is 23.5 Å². The molecular formula is C23H27NO5. The minimum Gasteiger partial charge on any atom is -0.449 e. The Morgan fingerprint density at radius 1 is 1.00 bits per heavy atom. The molecule has 1 fully saturated rings. The van der Waals surface area contributed by atoms with Gasteiger partial charge in [-0.05, 0) is 38.8 Å². The van der Waals surface area contributed by atoms with E-state index in [0.29, 0.717) is 11.3 Å². The zero-order valence-electron chi connectivity index (χ0n) is 16.9. The molecule has 1 saturated carbocycles. The van der Waals surface area contributed by atoms with E-state index in [4.69, 9.17) is 9.15 Å². The molecule has 6 nitrogen and oxygen atoms in total. The molecule has 1 amide bonds. The predicted octanol–water partition coefficient (Wildman–Crippen LogP) is 4.53. The van der Waals surface area contributed by atoms with E-state index in [9.17, 15) is 14.4 Å². The summed E-state index contributed by atoms with van der Waals surface area (Å²) in [7, 11) is 0. The van der Waals surface area contributed by atoms with Crippen LogP contribution in [-0.2, 0) is 9.53 Å². The molecule has 0 bridgehead atoms. The van der Waals surface area contributed by atoms with Crippen LogP contribution in [0.1, 0.15) is 73.3 Å². The number of ether oxygens (including phenoxy) is 1. The van der Waals surface area contributed by atoms with Gasteiger partial charge >= 0.3 is 5.97 Å². The number of nitrogens with one attached hydrogen (secondary N) is 1.